The lowest BCUT2D eigenvalue weighted by Gasteiger charge is -2.63. The molecule has 2 fully saturated rings. The Labute approximate surface area is 179 Å². The molecule has 2 aromatic heterocycles. The molecule has 160 valence electrons. The quantitative estimate of drug-likeness (QED) is 0.695. The van der Waals surface area contributed by atoms with Crippen molar-refractivity contribution in [2.75, 3.05) is 5.32 Å². The molecule has 2 amide bonds. The van der Waals surface area contributed by atoms with Crippen LogP contribution < -0.4 is 5.32 Å². The van der Waals surface area contributed by atoms with Crippen LogP contribution in [0.4, 0.5) is 14.9 Å². The van der Waals surface area contributed by atoms with Gasteiger partial charge in [-0.3, -0.25) is 4.68 Å². The summed E-state index contributed by atoms with van der Waals surface area (Å²) in [4.78, 5) is 27.5. The average Bonchev–Trinajstić information content (AvgIpc) is 3.22. The second-order valence-corrected chi connectivity index (χ2v) is 8.78. The Morgan fingerprint density at radius 1 is 1.29 bits per heavy atom. The lowest BCUT2D eigenvalue weighted by atomic mass is 9.64. The second kappa shape index (κ2) is 7.40. The molecule has 1 aromatic carbocycles. The first-order chi connectivity index (χ1) is 14.9. The van der Waals surface area contributed by atoms with Crippen LogP contribution in [-0.2, 0) is 6.54 Å². The highest BCUT2D eigenvalue weighted by atomic mass is 19.1. The van der Waals surface area contributed by atoms with E-state index in [2.05, 4.69) is 32.3 Å². The van der Waals surface area contributed by atoms with Gasteiger partial charge in [-0.05, 0) is 49.8 Å². The highest BCUT2D eigenvalue weighted by molar-refractivity contribution is 5.91. The summed E-state index contributed by atoms with van der Waals surface area (Å²) in [5.41, 5.74) is 2.12. The van der Waals surface area contributed by atoms with Gasteiger partial charge in [0.25, 0.3) is 0 Å². The van der Waals surface area contributed by atoms with Crippen molar-refractivity contribution in [1.82, 2.24) is 29.6 Å². The van der Waals surface area contributed by atoms with Gasteiger partial charge in [0.05, 0.1) is 24.5 Å². The van der Waals surface area contributed by atoms with Gasteiger partial charge >= 0.3 is 6.03 Å². The highest BCUT2D eigenvalue weighted by Gasteiger charge is 2.58. The molecular formula is C22H24FN7O. The Kier molecular flexibility index (Phi) is 4.68. The molecule has 0 saturated carbocycles. The molecule has 8 nitrogen and oxygen atoms in total. The molecule has 9 heteroatoms. The number of nitrogens with one attached hydrogen (secondary N) is 1. The van der Waals surface area contributed by atoms with E-state index in [1.165, 1.54) is 6.33 Å². The Balaban J connectivity index is 1.38. The summed E-state index contributed by atoms with van der Waals surface area (Å²) in [7, 11) is 0. The van der Waals surface area contributed by atoms with Crippen molar-refractivity contribution in [3.05, 3.63) is 54.6 Å². The molecule has 0 spiro atoms. The number of halogens is 1. The number of benzene rings is 1. The third-order valence-electron chi connectivity index (χ3n) is 6.39. The van der Waals surface area contributed by atoms with Crippen LogP contribution in [0, 0.1) is 18.7 Å². The topological polar surface area (TPSA) is 88.8 Å². The van der Waals surface area contributed by atoms with Crippen molar-refractivity contribution < 1.29 is 9.18 Å². The number of piperidine rings is 1. The molecule has 4 heterocycles. The molecule has 5 rings (SSSR count). The zero-order valence-electron chi connectivity index (χ0n) is 17.5. The predicted octanol–water partition coefficient (Wildman–Crippen LogP) is 3.66. The summed E-state index contributed by atoms with van der Waals surface area (Å²) >= 11 is 0. The van der Waals surface area contributed by atoms with E-state index in [9.17, 15) is 9.18 Å². The minimum atomic E-state index is -0.484. The first-order valence-corrected chi connectivity index (χ1v) is 10.4. The second-order valence-electron chi connectivity index (χ2n) is 8.78. The van der Waals surface area contributed by atoms with E-state index in [1.807, 2.05) is 34.7 Å². The number of rotatable bonds is 4. The van der Waals surface area contributed by atoms with Crippen molar-refractivity contribution in [2.24, 2.45) is 5.92 Å². The fourth-order valence-electron chi connectivity index (χ4n) is 5.25. The minimum absolute atomic E-state index is 0.113. The number of nitrogens with zero attached hydrogens (tertiary/aromatic N) is 6. The molecule has 3 aromatic rings. The zero-order chi connectivity index (χ0) is 21.6. The maximum Gasteiger partial charge on any atom is 0.322 e. The van der Waals surface area contributed by atoms with E-state index in [-0.39, 0.29) is 17.6 Å². The van der Waals surface area contributed by atoms with E-state index in [0.29, 0.717) is 24.0 Å². The molecule has 0 aliphatic carbocycles. The zero-order valence-corrected chi connectivity index (χ0v) is 17.5. The minimum Gasteiger partial charge on any atom is -0.314 e. The molecule has 31 heavy (non-hydrogen) atoms. The Hall–Kier alpha value is -3.36. The monoisotopic (exact) mass is 421 g/mol. The van der Waals surface area contributed by atoms with E-state index < -0.39 is 5.82 Å². The summed E-state index contributed by atoms with van der Waals surface area (Å²) in [5, 5.41) is 7.30. The van der Waals surface area contributed by atoms with Gasteiger partial charge in [0.1, 0.15) is 12.7 Å². The third kappa shape index (κ3) is 3.54. The van der Waals surface area contributed by atoms with Crippen LogP contribution in [0.2, 0.25) is 0 Å². The number of carbonyl (C=O) groups excluding carboxylic acids is 1. The van der Waals surface area contributed by atoms with Crippen LogP contribution in [0.3, 0.4) is 0 Å². The SMILES string of the molecule is Cc1ccc(NC(=O)N2[C@H]3C[C@@H](C)C[C@]2(Cn2cncn2)C3)cc1-c1ncc(F)cn1. The van der Waals surface area contributed by atoms with Crippen molar-refractivity contribution in [1.29, 1.82) is 0 Å². The van der Waals surface area contributed by atoms with E-state index in [1.54, 1.807) is 6.33 Å². The molecule has 2 aliphatic heterocycles. The lowest BCUT2D eigenvalue weighted by molar-refractivity contribution is -0.100. The molecule has 0 unspecified atom stereocenters. The van der Waals surface area contributed by atoms with Crippen LogP contribution >= 0.6 is 0 Å². The number of aromatic nitrogens is 5. The lowest BCUT2D eigenvalue weighted by Crippen LogP contribution is -2.73. The Bertz CT molecular complexity index is 1100. The van der Waals surface area contributed by atoms with Gasteiger partial charge in [-0.15, -0.1) is 0 Å². The van der Waals surface area contributed by atoms with Crippen molar-refractivity contribution in [2.45, 2.75) is 51.2 Å². The van der Waals surface area contributed by atoms with E-state index >= 15 is 0 Å². The molecule has 2 bridgehead atoms. The number of urea groups is 1. The van der Waals surface area contributed by atoms with Gasteiger partial charge in [-0.2, -0.15) is 5.10 Å². The number of aryl methyl sites for hydroxylation is 1. The van der Waals surface area contributed by atoms with Crippen LogP contribution in [0.5, 0.6) is 0 Å². The molecule has 0 radical (unpaired) electrons. The predicted molar refractivity (Wildman–Crippen MR) is 113 cm³/mol. The summed E-state index contributed by atoms with van der Waals surface area (Å²) < 4.78 is 15.0. The number of anilines is 1. The Morgan fingerprint density at radius 3 is 2.84 bits per heavy atom. The van der Waals surface area contributed by atoms with Gasteiger partial charge < -0.3 is 10.2 Å². The van der Waals surface area contributed by atoms with Gasteiger partial charge in [0.2, 0.25) is 0 Å². The van der Waals surface area contributed by atoms with Crippen LogP contribution in [-0.4, -0.2) is 47.2 Å². The van der Waals surface area contributed by atoms with E-state index in [0.717, 1.165) is 42.8 Å². The molecule has 2 saturated heterocycles. The van der Waals surface area contributed by atoms with Crippen LogP contribution in [0.15, 0.2) is 43.2 Å². The standard InChI is InChI=1S/C22H24FN7O/c1-14-5-18-8-22(7-14,11-29-13-24-12-27-29)30(18)21(31)28-17-4-3-15(2)19(6-17)20-25-9-16(23)10-26-20/h3-4,6,9-10,12-14,18H,5,7-8,11H2,1-2H3,(H,28,31)/t14-,18+,22-/m1/s1. The summed E-state index contributed by atoms with van der Waals surface area (Å²) in [6.45, 7) is 4.82. The fourth-order valence-corrected chi connectivity index (χ4v) is 5.25. The molecule has 2 aliphatic rings. The number of carbonyl (C=O) groups is 1. The first-order valence-electron chi connectivity index (χ1n) is 10.4. The Morgan fingerprint density at radius 2 is 2.10 bits per heavy atom. The van der Waals surface area contributed by atoms with Gasteiger partial charge in [0.15, 0.2) is 11.6 Å². The summed E-state index contributed by atoms with van der Waals surface area (Å²) in [5.74, 6) is 0.502. The largest absolute Gasteiger partial charge is 0.322 e. The first kappa shape index (κ1) is 19.6. The van der Waals surface area contributed by atoms with E-state index in [4.69, 9.17) is 0 Å². The molecule has 3 atom stereocenters. The van der Waals surface area contributed by atoms with Crippen molar-refractivity contribution >= 4 is 11.7 Å². The third-order valence-corrected chi connectivity index (χ3v) is 6.39. The van der Waals surface area contributed by atoms with Gasteiger partial charge in [-0.1, -0.05) is 13.0 Å². The average molecular weight is 421 g/mol. The fraction of sp³-hybridized carbons (Fsp3) is 0.409. The summed E-state index contributed by atoms with van der Waals surface area (Å²) in [6, 6.07) is 5.73. The number of hydrogen-bond acceptors (Lipinski definition) is 5. The van der Waals surface area contributed by atoms with Crippen molar-refractivity contribution in [3.8, 4) is 11.4 Å². The smallest absolute Gasteiger partial charge is 0.314 e. The summed E-state index contributed by atoms with van der Waals surface area (Å²) in [6.07, 6.45) is 8.44. The number of fused-ring (bicyclic) bond motifs is 2. The maximum atomic E-state index is 13.3. The number of hydrogen-bond donors (Lipinski definition) is 1. The highest BCUT2D eigenvalue weighted by Crippen LogP contribution is 2.50. The molecular weight excluding hydrogens is 397 g/mol. The van der Waals surface area contributed by atoms with Gasteiger partial charge in [-0.25, -0.2) is 24.1 Å². The number of amides is 2. The normalized spacial score (nSPS) is 24.5. The van der Waals surface area contributed by atoms with Gasteiger partial charge in [0, 0.05) is 17.3 Å². The van der Waals surface area contributed by atoms with Crippen LogP contribution in [0.25, 0.3) is 11.4 Å². The van der Waals surface area contributed by atoms with Crippen molar-refractivity contribution in [3.63, 3.8) is 0 Å². The molecule has 1 N–H and O–H groups in total. The van der Waals surface area contributed by atoms with Crippen LogP contribution in [0.1, 0.15) is 31.7 Å². The maximum absolute atomic E-state index is 13.3.